The van der Waals surface area contributed by atoms with E-state index in [0.29, 0.717) is 33.6 Å². The number of fused-ring (bicyclic) bond motifs is 1. The van der Waals surface area contributed by atoms with E-state index in [9.17, 15) is 9.59 Å². The van der Waals surface area contributed by atoms with Crippen LogP contribution in [-0.4, -0.2) is 21.0 Å². The van der Waals surface area contributed by atoms with Gasteiger partial charge >= 0.3 is 0 Å². The van der Waals surface area contributed by atoms with Crippen molar-refractivity contribution in [1.29, 1.82) is 0 Å². The first kappa shape index (κ1) is 21.9. The normalized spacial score (nSPS) is 10.8. The van der Waals surface area contributed by atoms with Gasteiger partial charge in [-0.3, -0.25) is 14.0 Å². The molecule has 6 nitrogen and oxygen atoms in total. The fourth-order valence-corrected chi connectivity index (χ4v) is 3.88. The van der Waals surface area contributed by atoms with Gasteiger partial charge in [-0.05, 0) is 67.1 Å². The maximum absolute atomic E-state index is 12.3. The van der Waals surface area contributed by atoms with E-state index in [1.165, 1.54) is 22.2 Å². The van der Waals surface area contributed by atoms with Gasteiger partial charge in [-0.15, -0.1) is 11.8 Å². The standard InChI is InChI=1S/C24H20ClN3O3S/c1-16-3-2-12-28-23(30)13-19(27-24(16)28)14-31-20-8-6-18(7-9-20)26-22(29)15-32-21-10-4-17(25)5-11-21/h2-13H,14-15H2,1H3,(H,26,29). The molecule has 162 valence electrons. The number of carbonyl (C=O) groups excluding carboxylic acids is 1. The van der Waals surface area contributed by atoms with Crippen LogP contribution in [0.4, 0.5) is 5.69 Å². The van der Waals surface area contributed by atoms with Crippen molar-refractivity contribution in [3.8, 4) is 5.75 Å². The Kier molecular flexibility index (Phi) is 6.78. The topological polar surface area (TPSA) is 72.7 Å². The molecule has 0 unspecified atom stereocenters. The number of benzene rings is 2. The minimum Gasteiger partial charge on any atom is -0.487 e. The van der Waals surface area contributed by atoms with Gasteiger partial charge in [0.25, 0.3) is 5.56 Å². The summed E-state index contributed by atoms with van der Waals surface area (Å²) >= 11 is 7.31. The first-order valence-corrected chi connectivity index (χ1v) is 11.2. The van der Waals surface area contributed by atoms with E-state index in [0.717, 1.165) is 10.5 Å². The molecular formula is C24H20ClN3O3S. The minimum absolute atomic E-state index is 0.102. The van der Waals surface area contributed by atoms with E-state index in [-0.39, 0.29) is 18.1 Å². The molecule has 4 rings (SSSR count). The second-order valence-electron chi connectivity index (χ2n) is 7.07. The molecule has 2 aromatic carbocycles. The molecule has 0 aliphatic heterocycles. The van der Waals surface area contributed by atoms with Gasteiger partial charge in [0.1, 0.15) is 18.0 Å². The summed E-state index contributed by atoms with van der Waals surface area (Å²) in [6, 6.07) is 19.6. The number of anilines is 1. The molecule has 2 aromatic heterocycles. The zero-order valence-corrected chi connectivity index (χ0v) is 18.8. The van der Waals surface area contributed by atoms with Crippen molar-refractivity contribution in [2.45, 2.75) is 18.4 Å². The van der Waals surface area contributed by atoms with E-state index in [1.807, 2.05) is 31.2 Å². The highest BCUT2D eigenvalue weighted by Crippen LogP contribution is 2.21. The van der Waals surface area contributed by atoms with Crippen LogP contribution in [0.2, 0.25) is 5.02 Å². The Morgan fingerprint density at radius 3 is 2.62 bits per heavy atom. The van der Waals surface area contributed by atoms with Crippen molar-refractivity contribution in [1.82, 2.24) is 9.38 Å². The van der Waals surface area contributed by atoms with Gasteiger partial charge < -0.3 is 10.1 Å². The number of hydrogen-bond donors (Lipinski definition) is 1. The molecule has 0 saturated heterocycles. The van der Waals surface area contributed by atoms with E-state index >= 15 is 0 Å². The number of halogens is 1. The first-order valence-electron chi connectivity index (χ1n) is 9.87. The summed E-state index contributed by atoms with van der Waals surface area (Å²) in [7, 11) is 0. The predicted octanol–water partition coefficient (Wildman–Crippen LogP) is 4.97. The van der Waals surface area contributed by atoms with Crippen molar-refractivity contribution in [2.24, 2.45) is 0 Å². The molecular weight excluding hydrogens is 446 g/mol. The quantitative estimate of drug-likeness (QED) is 0.390. The van der Waals surface area contributed by atoms with Crippen molar-refractivity contribution in [2.75, 3.05) is 11.1 Å². The number of rotatable bonds is 7. The summed E-state index contributed by atoms with van der Waals surface area (Å²) in [5, 5.41) is 3.53. The van der Waals surface area contributed by atoms with Gasteiger partial charge in [0.2, 0.25) is 5.91 Å². The smallest absolute Gasteiger partial charge is 0.258 e. The molecule has 0 radical (unpaired) electrons. The number of thioether (sulfide) groups is 1. The van der Waals surface area contributed by atoms with Gasteiger partial charge in [-0.2, -0.15) is 0 Å². The van der Waals surface area contributed by atoms with Gasteiger partial charge in [0.15, 0.2) is 0 Å². The molecule has 0 fully saturated rings. The van der Waals surface area contributed by atoms with Crippen LogP contribution in [0.25, 0.3) is 5.65 Å². The molecule has 0 saturated carbocycles. The minimum atomic E-state index is -0.146. The molecule has 0 spiro atoms. The summed E-state index contributed by atoms with van der Waals surface area (Å²) in [5.41, 5.74) is 2.62. The van der Waals surface area contributed by atoms with Crippen LogP contribution < -0.4 is 15.6 Å². The molecule has 0 aliphatic carbocycles. The zero-order chi connectivity index (χ0) is 22.5. The van der Waals surface area contributed by atoms with Crippen LogP contribution in [0.5, 0.6) is 5.75 Å². The first-order chi connectivity index (χ1) is 15.5. The van der Waals surface area contributed by atoms with E-state index in [2.05, 4.69) is 10.3 Å². The Morgan fingerprint density at radius 1 is 1.12 bits per heavy atom. The highest BCUT2D eigenvalue weighted by Gasteiger charge is 2.07. The monoisotopic (exact) mass is 465 g/mol. The summed E-state index contributed by atoms with van der Waals surface area (Å²) in [4.78, 5) is 30.0. The SMILES string of the molecule is Cc1cccn2c(=O)cc(COc3ccc(NC(=O)CSc4ccc(Cl)cc4)cc3)nc12. The maximum atomic E-state index is 12.3. The third-order valence-corrected chi connectivity index (χ3v) is 5.91. The fraction of sp³-hybridized carbons (Fsp3) is 0.125. The van der Waals surface area contributed by atoms with E-state index < -0.39 is 0 Å². The number of nitrogens with zero attached hydrogens (tertiary/aromatic N) is 2. The maximum Gasteiger partial charge on any atom is 0.258 e. The average Bonchev–Trinajstić information content (AvgIpc) is 2.79. The lowest BCUT2D eigenvalue weighted by molar-refractivity contribution is -0.113. The number of pyridine rings is 1. The highest BCUT2D eigenvalue weighted by molar-refractivity contribution is 8.00. The Labute approximate surface area is 194 Å². The van der Waals surface area contributed by atoms with Crippen LogP contribution >= 0.6 is 23.4 Å². The van der Waals surface area contributed by atoms with E-state index in [4.69, 9.17) is 16.3 Å². The summed E-state index contributed by atoms with van der Waals surface area (Å²) in [5.74, 6) is 0.808. The summed E-state index contributed by atoms with van der Waals surface area (Å²) < 4.78 is 7.29. The molecule has 0 aliphatic rings. The Balaban J connectivity index is 1.32. The number of amides is 1. The average molecular weight is 466 g/mol. The molecule has 0 bridgehead atoms. The van der Waals surface area contributed by atoms with Crippen LogP contribution in [0.15, 0.2) is 82.6 Å². The van der Waals surface area contributed by atoms with Crippen LogP contribution in [0.3, 0.4) is 0 Å². The molecule has 8 heteroatoms. The number of nitrogens with one attached hydrogen (secondary N) is 1. The van der Waals surface area contributed by atoms with Gasteiger partial charge in [0.05, 0.1) is 11.4 Å². The number of carbonyl (C=O) groups is 1. The molecule has 1 N–H and O–H groups in total. The van der Waals surface area contributed by atoms with Crippen LogP contribution in [0.1, 0.15) is 11.3 Å². The van der Waals surface area contributed by atoms with Crippen LogP contribution in [0, 0.1) is 6.92 Å². The third-order valence-electron chi connectivity index (χ3n) is 4.65. The zero-order valence-electron chi connectivity index (χ0n) is 17.2. The summed E-state index contributed by atoms with van der Waals surface area (Å²) in [6.07, 6.45) is 1.70. The van der Waals surface area contributed by atoms with Crippen LogP contribution in [-0.2, 0) is 11.4 Å². The van der Waals surface area contributed by atoms with Gasteiger partial charge in [-0.1, -0.05) is 17.7 Å². The molecule has 32 heavy (non-hydrogen) atoms. The number of hydrogen-bond acceptors (Lipinski definition) is 5. The van der Waals surface area contributed by atoms with Gasteiger partial charge in [0, 0.05) is 27.9 Å². The second kappa shape index (κ2) is 9.89. The number of aryl methyl sites for hydroxylation is 1. The Morgan fingerprint density at radius 2 is 1.88 bits per heavy atom. The summed E-state index contributed by atoms with van der Waals surface area (Å²) in [6.45, 7) is 2.08. The molecule has 4 aromatic rings. The lowest BCUT2D eigenvalue weighted by Crippen LogP contribution is -2.17. The van der Waals surface area contributed by atoms with Crippen molar-refractivity contribution >= 4 is 40.6 Å². The second-order valence-corrected chi connectivity index (χ2v) is 8.56. The van der Waals surface area contributed by atoms with Crippen molar-refractivity contribution in [3.05, 3.63) is 99.6 Å². The largest absolute Gasteiger partial charge is 0.487 e. The molecule has 0 atom stereocenters. The van der Waals surface area contributed by atoms with Gasteiger partial charge in [-0.25, -0.2) is 4.98 Å². The Hall–Kier alpha value is -3.29. The lowest BCUT2D eigenvalue weighted by Gasteiger charge is -2.09. The Bertz CT molecular complexity index is 1310. The third kappa shape index (κ3) is 5.49. The fourth-order valence-electron chi connectivity index (χ4n) is 3.05. The van der Waals surface area contributed by atoms with E-state index in [1.54, 1.807) is 42.6 Å². The lowest BCUT2D eigenvalue weighted by atomic mass is 10.3. The number of aromatic nitrogens is 2. The highest BCUT2D eigenvalue weighted by atomic mass is 35.5. The van der Waals surface area contributed by atoms with Crippen molar-refractivity contribution in [3.63, 3.8) is 0 Å². The predicted molar refractivity (Wildman–Crippen MR) is 128 cm³/mol. The molecule has 2 heterocycles. The number of ether oxygens (including phenoxy) is 1. The van der Waals surface area contributed by atoms with Crippen molar-refractivity contribution < 1.29 is 9.53 Å². The molecule has 1 amide bonds.